The van der Waals surface area contributed by atoms with E-state index in [1.165, 1.54) is 28.4 Å². The second kappa shape index (κ2) is 15.4. The number of hydrazine groups is 1. The summed E-state index contributed by atoms with van der Waals surface area (Å²) < 4.78 is 26.3. The number of nitro groups is 1. The first-order chi connectivity index (χ1) is 19.1. The number of hydrogen-bond acceptors (Lipinski definition) is 10. The maximum absolute atomic E-state index is 12.6. The number of guanidine groups is 1. The number of hydrogen-bond donors (Lipinski definition) is 3. The molecule has 0 heterocycles. The number of carbonyl (C=O) groups excluding carboxylic acids is 2. The summed E-state index contributed by atoms with van der Waals surface area (Å²) in [4.78, 5) is 38.9. The van der Waals surface area contributed by atoms with Crippen LogP contribution in [0.3, 0.4) is 0 Å². The lowest BCUT2D eigenvalue weighted by atomic mass is 10.1. The summed E-state index contributed by atoms with van der Waals surface area (Å²) in [6.07, 6.45) is 3.21. The van der Waals surface area contributed by atoms with Gasteiger partial charge in [-0.2, -0.15) is 0 Å². The van der Waals surface area contributed by atoms with Crippen molar-refractivity contribution in [2.24, 2.45) is 10.7 Å². The van der Waals surface area contributed by atoms with Crippen LogP contribution in [0.5, 0.6) is 23.0 Å². The minimum Gasteiger partial charge on any atom is -0.493 e. The van der Waals surface area contributed by atoms with Gasteiger partial charge in [-0.25, -0.2) is 24.7 Å². The van der Waals surface area contributed by atoms with Crippen molar-refractivity contribution in [1.82, 2.24) is 10.7 Å². The van der Waals surface area contributed by atoms with Gasteiger partial charge in [0.25, 0.3) is 5.96 Å². The van der Waals surface area contributed by atoms with Gasteiger partial charge >= 0.3 is 12.1 Å². The third-order valence-electron chi connectivity index (χ3n) is 5.49. The van der Waals surface area contributed by atoms with Crippen LogP contribution in [0.25, 0.3) is 12.2 Å². The van der Waals surface area contributed by atoms with Crippen LogP contribution in [0.2, 0.25) is 0 Å². The summed E-state index contributed by atoms with van der Waals surface area (Å²) in [6, 6.07) is 7.88. The van der Waals surface area contributed by atoms with Crippen LogP contribution < -0.4 is 35.4 Å². The molecular formula is C26H33N5O9. The van der Waals surface area contributed by atoms with Gasteiger partial charge in [-0.05, 0) is 54.7 Å². The van der Waals surface area contributed by atoms with Crippen molar-refractivity contribution in [2.45, 2.75) is 25.8 Å². The van der Waals surface area contributed by atoms with Gasteiger partial charge in [0, 0.05) is 6.54 Å². The third-order valence-corrected chi connectivity index (χ3v) is 5.49. The summed E-state index contributed by atoms with van der Waals surface area (Å²) in [7, 11) is 5.78. The van der Waals surface area contributed by atoms with E-state index in [9.17, 15) is 19.7 Å². The topological polar surface area (TPSA) is 186 Å². The predicted octanol–water partition coefficient (Wildman–Crippen LogP) is 2.70. The van der Waals surface area contributed by atoms with Crippen LogP contribution in [0, 0.1) is 17.0 Å². The Bertz CT molecular complexity index is 1240. The number of amides is 1. The summed E-state index contributed by atoms with van der Waals surface area (Å²) >= 11 is 0. The lowest BCUT2D eigenvalue weighted by Crippen LogP contribution is -2.43. The second-order valence-electron chi connectivity index (χ2n) is 8.20. The van der Waals surface area contributed by atoms with Crippen LogP contribution >= 0.6 is 0 Å². The quantitative estimate of drug-likeness (QED) is 0.0623. The molecule has 2 aromatic carbocycles. The van der Waals surface area contributed by atoms with E-state index in [4.69, 9.17) is 29.4 Å². The molecule has 0 aromatic heterocycles. The fourth-order valence-corrected chi connectivity index (χ4v) is 3.51. The van der Waals surface area contributed by atoms with Crippen molar-refractivity contribution in [1.29, 1.82) is 0 Å². The number of nitrogens with zero attached hydrogens (tertiary/aromatic N) is 2. The number of ether oxygens (including phenoxy) is 5. The molecule has 0 radical (unpaired) electrons. The molecule has 40 heavy (non-hydrogen) atoms. The van der Waals surface area contributed by atoms with Gasteiger partial charge in [0.05, 0.1) is 28.4 Å². The highest BCUT2D eigenvalue weighted by Gasteiger charge is 2.22. The monoisotopic (exact) mass is 559 g/mol. The van der Waals surface area contributed by atoms with E-state index in [1.807, 2.05) is 18.2 Å². The highest BCUT2D eigenvalue weighted by molar-refractivity contribution is 5.82. The molecule has 14 heteroatoms. The number of methoxy groups -OCH3 is 4. The first kappa shape index (κ1) is 31.2. The Labute approximate surface area is 231 Å². The van der Waals surface area contributed by atoms with Crippen molar-refractivity contribution in [3.05, 3.63) is 57.1 Å². The molecule has 0 saturated heterocycles. The van der Waals surface area contributed by atoms with Crippen molar-refractivity contribution >= 4 is 30.2 Å². The van der Waals surface area contributed by atoms with Crippen molar-refractivity contribution in [2.75, 3.05) is 35.0 Å². The number of aryl methyl sites for hydroxylation is 1. The Kier molecular flexibility index (Phi) is 12.0. The molecule has 1 unspecified atom stereocenters. The summed E-state index contributed by atoms with van der Waals surface area (Å²) in [6.45, 7) is 1.85. The van der Waals surface area contributed by atoms with E-state index < -0.39 is 23.1 Å². The first-order valence-corrected chi connectivity index (χ1v) is 12.0. The fraction of sp³-hybridized carbons (Fsp3) is 0.346. The molecule has 0 aliphatic rings. The van der Waals surface area contributed by atoms with E-state index in [-0.39, 0.29) is 31.1 Å². The molecule has 2 aromatic rings. The van der Waals surface area contributed by atoms with Gasteiger partial charge in [-0.1, -0.05) is 29.7 Å². The molecule has 2 rings (SSSR count). The molecular weight excluding hydrogens is 526 g/mol. The Morgan fingerprint density at radius 1 is 1.02 bits per heavy atom. The molecule has 14 nitrogen and oxygen atoms in total. The van der Waals surface area contributed by atoms with Crippen LogP contribution in [0.15, 0.2) is 35.3 Å². The highest BCUT2D eigenvalue weighted by Crippen LogP contribution is 2.38. The van der Waals surface area contributed by atoms with Crippen molar-refractivity contribution in [3.63, 3.8) is 0 Å². The minimum absolute atomic E-state index is 0.0797. The molecule has 4 N–H and O–H groups in total. The standard InChI is InChI=1S/C26H33N5O9/c1-16-8-9-17(10-11-18-14-21(36-2)23(38-4)22(15-18)37-3)13-20(16)40-26(33)29-19(24(32)39-5)7-6-12-28-25(27)30-31(34)35/h8-11,13-15,19H,6-7,12H2,1-5H3,(H,29,33)(H3,27,28,30)/b11-10-. The predicted molar refractivity (Wildman–Crippen MR) is 147 cm³/mol. The highest BCUT2D eigenvalue weighted by atomic mass is 16.7. The Morgan fingerprint density at radius 3 is 2.23 bits per heavy atom. The number of carbonyl (C=O) groups is 2. The van der Waals surface area contributed by atoms with Gasteiger partial charge in [0.1, 0.15) is 11.8 Å². The molecule has 0 fully saturated rings. The maximum atomic E-state index is 12.6. The zero-order valence-corrected chi connectivity index (χ0v) is 22.9. The van der Waals surface area contributed by atoms with Crippen LogP contribution in [-0.2, 0) is 9.53 Å². The van der Waals surface area contributed by atoms with Gasteiger partial charge in [0.2, 0.25) is 5.75 Å². The molecule has 0 aliphatic heterocycles. The number of esters is 1. The van der Waals surface area contributed by atoms with Gasteiger partial charge in [-0.15, -0.1) is 0 Å². The van der Waals surface area contributed by atoms with Crippen LogP contribution in [0.1, 0.15) is 29.5 Å². The molecule has 1 amide bonds. The largest absolute Gasteiger partial charge is 0.493 e. The SMILES string of the molecule is COC(=O)C(CCCN=C(N)N[N+](=O)[O-])NC(=O)Oc1cc(/C=C\c2cc(OC)c(OC)c(OC)c2)ccc1C. The molecule has 1 atom stereocenters. The zero-order valence-electron chi connectivity index (χ0n) is 22.9. The maximum Gasteiger partial charge on any atom is 0.413 e. The summed E-state index contributed by atoms with van der Waals surface area (Å²) in [5, 5.41) is 12.0. The molecule has 0 bridgehead atoms. The van der Waals surface area contributed by atoms with Gasteiger partial charge < -0.3 is 34.7 Å². The van der Waals surface area contributed by atoms with Gasteiger partial charge in [0.15, 0.2) is 16.5 Å². The number of rotatable bonds is 13. The van der Waals surface area contributed by atoms with E-state index in [2.05, 4.69) is 10.3 Å². The average Bonchev–Trinajstić information content (AvgIpc) is 2.93. The molecule has 0 aliphatic carbocycles. The lowest BCUT2D eigenvalue weighted by molar-refractivity contribution is -0.525. The van der Waals surface area contributed by atoms with Crippen molar-refractivity contribution < 1.29 is 38.3 Å². The average molecular weight is 560 g/mol. The molecule has 0 saturated carbocycles. The Morgan fingerprint density at radius 2 is 1.65 bits per heavy atom. The Hall–Kier alpha value is -5.01. The van der Waals surface area contributed by atoms with Crippen molar-refractivity contribution in [3.8, 4) is 23.0 Å². The fourth-order valence-electron chi connectivity index (χ4n) is 3.51. The summed E-state index contributed by atoms with van der Waals surface area (Å²) in [5.74, 6) is 0.729. The Balaban J connectivity index is 2.10. The van der Waals surface area contributed by atoms with Gasteiger partial charge in [-0.3, -0.25) is 0 Å². The first-order valence-electron chi connectivity index (χ1n) is 12.0. The second-order valence-corrected chi connectivity index (χ2v) is 8.20. The number of nitrogens with one attached hydrogen (secondary N) is 2. The number of benzene rings is 2. The van der Waals surface area contributed by atoms with Crippen LogP contribution in [-0.4, -0.2) is 64.1 Å². The summed E-state index contributed by atoms with van der Waals surface area (Å²) in [5.41, 5.74) is 9.29. The van der Waals surface area contributed by atoms with E-state index >= 15 is 0 Å². The lowest BCUT2D eigenvalue weighted by Gasteiger charge is -2.16. The smallest absolute Gasteiger partial charge is 0.413 e. The van der Waals surface area contributed by atoms with E-state index in [0.717, 1.165) is 11.1 Å². The third kappa shape index (κ3) is 9.38. The molecule has 216 valence electrons. The zero-order chi connectivity index (χ0) is 29.7. The normalized spacial score (nSPS) is 11.9. The number of nitrogens with two attached hydrogens (primary N) is 1. The van der Waals surface area contributed by atoms with Crippen LogP contribution in [0.4, 0.5) is 4.79 Å². The number of aliphatic imine (C=N–C) groups is 1. The van der Waals surface area contributed by atoms with E-state index in [0.29, 0.717) is 22.8 Å². The minimum atomic E-state index is -1.03. The molecule has 0 spiro atoms. The van der Waals surface area contributed by atoms with E-state index in [1.54, 1.807) is 36.6 Å².